The quantitative estimate of drug-likeness (QED) is 0.793. The summed E-state index contributed by atoms with van der Waals surface area (Å²) < 4.78 is 1.64. The van der Waals surface area contributed by atoms with E-state index in [2.05, 4.69) is 10.6 Å². The zero-order chi connectivity index (χ0) is 18.6. The molecule has 1 heterocycles. The van der Waals surface area contributed by atoms with E-state index in [1.807, 2.05) is 26.0 Å². The van der Waals surface area contributed by atoms with E-state index in [1.54, 1.807) is 36.0 Å². The minimum absolute atomic E-state index is 0.0361. The maximum Gasteiger partial charge on any atom is 0.268 e. The van der Waals surface area contributed by atoms with Gasteiger partial charge in [-0.25, -0.2) is 0 Å². The summed E-state index contributed by atoms with van der Waals surface area (Å²) in [4.78, 5) is 35.3. The number of aryl methyl sites for hydroxylation is 1. The third-order valence-corrected chi connectivity index (χ3v) is 3.84. The lowest BCUT2D eigenvalue weighted by molar-refractivity contribution is -0.118. The van der Waals surface area contributed by atoms with E-state index in [0.29, 0.717) is 17.8 Å². The van der Waals surface area contributed by atoms with Gasteiger partial charge in [0.25, 0.3) is 5.91 Å². The summed E-state index contributed by atoms with van der Waals surface area (Å²) >= 11 is 0. The highest BCUT2D eigenvalue weighted by Gasteiger charge is 2.13. The zero-order valence-corrected chi connectivity index (χ0v) is 14.9. The Kier molecular flexibility index (Phi) is 5.75. The van der Waals surface area contributed by atoms with Crippen LogP contribution in [-0.2, 0) is 18.4 Å². The molecule has 25 heavy (non-hydrogen) atoms. The minimum Gasteiger partial charge on any atom is -0.347 e. The molecule has 2 aromatic rings. The fraction of sp³-hybridized carbons (Fsp3) is 0.316. The Balaban J connectivity index is 1.96. The molecule has 0 bridgehead atoms. The number of anilines is 1. The first-order chi connectivity index (χ1) is 11.8. The number of carbonyl (C=O) groups excluding carboxylic acids is 3. The van der Waals surface area contributed by atoms with Crippen molar-refractivity contribution < 1.29 is 14.4 Å². The largest absolute Gasteiger partial charge is 0.347 e. The summed E-state index contributed by atoms with van der Waals surface area (Å²) in [6.45, 7) is 5.50. The number of benzene rings is 1. The fourth-order valence-electron chi connectivity index (χ4n) is 2.25. The molecule has 2 amide bonds. The molecule has 132 valence electrons. The predicted octanol–water partition coefficient (Wildman–Crippen LogP) is 2.75. The standard InChI is InChI=1S/C19H23N3O3/c1-12(2)18(24)21-16-7-5-14(6-8-16)10-20-19(25)17-9-15(13(3)23)11-22(17)4/h5-9,11-12H,10H2,1-4H3,(H,20,25)(H,21,24). The molecule has 0 unspecified atom stereocenters. The summed E-state index contributed by atoms with van der Waals surface area (Å²) in [5.74, 6) is -0.434. The van der Waals surface area contributed by atoms with Gasteiger partial charge in [0.1, 0.15) is 5.69 Å². The number of hydrogen-bond acceptors (Lipinski definition) is 3. The molecule has 0 atom stereocenters. The van der Waals surface area contributed by atoms with Gasteiger partial charge in [-0.1, -0.05) is 26.0 Å². The number of ketones is 1. The molecule has 2 N–H and O–H groups in total. The van der Waals surface area contributed by atoms with Crippen LogP contribution in [0.25, 0.3) is 0 Å². The van der Waals surface area contributed by atoms with Crippen molar-refractivity contribution in [2.45, 2.75) is 27.3 Å². The van der Waals surface area contributed by atoms with Crippen LogP contribution in [-0.4, -0.2) is 22.2 Å². The van der Waals surface area contributed by atoms with Gasteiger partial charge in [-0.3, -0.25) is 14.4 Å². The summed E-state index contributed by atoms with van der Waals surface area (Å²) in [7, 11) is 1.73. The molecule has 0 saturated heterocycles. The number of carbonyl (C=O) groups is 3. The average Bonchev–Trinajstić information content (AvgIpc) is 2.96. The molecule has 0 spiro atoms. The highest BCUT2D eigenvalue weighted by molar-refractivity contribution is 5.99. The molecule has 1 aromatic heterocycles. The van der Waals surface area contributed by atoms with Crippen LogP contribution in [0.15, 0.2) is 36.5 Å². The normalized spacial score (nSPS) is 10.6. The second-order valence-electron chi connectivity index (χ2n) is 6.30. The van der Waals surface area contributed by atoms with Crippen LogP contribution in [0.3, 0.4) is 0 Å². The van der Waals surface area contributed by atoms with E-state index < -0.39 is 0 Å². The first-order valence-electron chi connectivity index (χ1n) is 8.13. The van der Waals surface area contributed by atoms with Gasteiger partial charge in [-0.15, -0.1) is 0 Å². The van der Waals surface area contributed by atoms with E-state index in [-0.39, 0.29) is 23.5 Å². The van der Waals surface area contributed by atoms with Crippen molar-refractivity contribution in [2.24, 2.45) is 13.0 Å². The molecule has 2 rings (SSSR count). The molecular weight excluding hydrogens is 318 g/mol. The Morgan fingerprint density at radius 2 is 1.76 bits per heavy atom. The lowest BCUT2D eigenvalue weighted by Gasteiger charge is -2.09. The van der Waals surface area contributed by atoms with Gasteiger partial charge in [0.2, 0.25) is 5.91 Å². The highest BCUT2D eigenvalue weighted by atomic mass is 16.2. The van der Waals surface area contributed by atoms with Gasteiger partial charge in [0.15, 0.2) is 5.78 Å². The molecule has 0 fully saturated rings. The first kappa shape index (κ1) is 18.4. The van der Waals surface area contributed by atoms with Crippen molar-refractivity contribution in [2.75, 3.05) is 5.32 Å². The summed E-state index contributed by atoms with van der Waals surface area (Å²) in [5, 5.41) is 5.65. The van der Waals surface area contributed by atoms with Gasteiger partial charge in [0.05, 0.1) is 0 Å². The van der Waals surface area contributed by atoms with Crippen LogP contribution in [0, 0.1) is 5.92 Å². The Labute approximate surface area is 147 Å². The summed E-state index contributed by atoms with van der Waals surface area (Å²) in [6.07, 6.45) is 1.64. The Morgan fingerprint density at radius 1 is 1.12 bits per heavy atom. The van der Waals surface area contributed by atoms with Crippen molar-refractivity contribution in [3.8, 4) is 0 Å². The number of aromatic nitrogens is 1. The Bertz CT molecular complexity index is 789. The number of amides is 2. The van der Waals surface area contributed by atoms with Crippen LogP contribution in [0.1, 0.15) is 47.2 Å². The van der Waals surface area contributed by atoms with Gasteiger partial charge in [-0.05, 0) is 30.7 Å². The maximum atomic E-state index is 12.3. The van der Waals surface area contributed by atoms with E-state index in [0.717, 1.165) is 11.3 Å². The van der Waals surface area contributed by atoms with E-state index >= 15 is 0 Å². The van der Waals surface area contributed by atoms with E-state index in [4.69, 9.17) is 0 Å². The molecule has 0 radical (unpaired) electrons. The van der Waals surface area contributed by atoms with E-state index in [1.165, 1.54) is 6.92 Å². The monoisotopic (exact) mass is 341 g/mol. The molecule has 0 aliphatic carbocycles. The molecule has 6 nitrogen and oxygen atoms in total. The van der Waals surface area contributed by atoms with Gasteiger partial charge in [-0.2, -0.15) is 0 Å². The topological polar surface area (TPSA) is 80.2 Å². The number of nitrogens with zero attached hydrogens (tertiary/aromatic N) is 1. The third-order valence-electron chi connectivity index (χ3n) is 3.84. The van der Waals surface area contributed by atoms with Gasteiger partial charge >= 0.3 is 0 Å². The molecule has 0 saturated carbocycles. The van der Waals surface area contributed by atoms with Gasteiger partial charge < -0.3 is 15.2 Å². The van der Waals surface area contributed by atoms with Crippen LogP contribution >= 0.6 is 0 Å². The molecule has 0 aliphatic heterocycles. The van der Waals surface area contributed by atoms with Crippen molar-refractivity contribution in [3.63, 3.8) is 0 Å². The molecule has 1 aromatic carbocycles. The van der Waals surface area contributed by atoms with Crippen LogP contribution in [0.4, 0.5) is 5.69 Å². The lowest BCUT2D eigenvalue weighted by atomic mass is 10.1. The van der Waals surface area contributed by atoms with Crippen LogP contribution in [0.2, 0.25) is 0 Å². The predicted molar refractivity (Wildman–Crippen MR) is 96.5 cm³/mol. The van der Waals surface area contributed by atoms with E-state index in [9.17, 15) is 14.4 Å². The number of Topliss-reactive ketones (excluding diaryl/α,β-unsaturated/α-hetero) is 1. The third kappa shape index (κ3) is 4.79. The Hall–Kier alpha value is -2.89. The average molecular weight is 341 g/mol. The van der Waals surface area contributed by atoms with Crippen molar-refractivity contribution in [1.29, 1.82) is 0 Å². The first-order valence-corrected chi connectivity index (χ1v) is 8.13. The number of hydrogen-bond donors (Lipinski definition) is 2. The lowest BCUT2D eigenvalue weighted by Crippen LogP contribution is -2.24. The summed E-state index contributed by atoms with van der Waals surface area (Å²) in [5.41, 5.74) is 2.59. The smallest absolute Gasteiger partial charge is 0.268 e. The minimum atomic E-state index is -0.243. The number of rotatable bonds is 6. The van der Waals surface area contributed by atoms with Crippen LogP contribution < -0.4 is 10.6 Å². The maximum absolute atomic E-state index is 12.3. The van der Waals surface area contributed by atoms with Crippen molar-refractivity contribution in [3.05, 3.63) is 53.3 Å². The molecule has 6 heteroatoms. The van der Waals surface area contributed by atoms with Crippen molar-refractivity contribution >= 4 is 23.3 Å². The number of nitrogens with one attached hydrogen (secondary N) is 2. The molecule has 0 aliphatic rings. The molecular formula is C19H23N3O3. The van der Waals surface area contributed by atoms with Crippen LogP contribution in [0.5, 0.6) is 0 Å². The second-order valence-corrected chi connectivity index (χ2v) is 6.30. The van der Waals surface area contributed by atoms with Crippen molar-refractivity contribution in [1.82, 2.24) is 9.88 Å². The fourth-order valence-corrected chi connectivity index (χ4v) is 2.25. The highest BCUT2D eigenvalue weighted by Crippen LogP contribution is 2.12. The zero-order valence-electron chi connectivity index (χ0n) is 14.9. The summed E-state index contributed by atoms with van der Waals surface area (Å²) in [6, 6.07) is 8.89. The Morgan fingerprint density at radius 3 is 2.28 bits per heavy atom. The SMILES string of the molecule is CC(=O)c1cc(C(=O)NCc2ccc(NC(=O)C(C)C)cc2)n(C)c1. The van der Waals surface area contributed by atoms with Gasteiger partial charge in [0, 0.05) is 37.0 Å². The second kappa shape index (κ2) is 7.79.